The van der Waals surface area contributed by atoms with Crippen LogP contribution in [0.5, 0.6) is 0 Å². The number of hydrogen-bond donors (Lipinski definition) is 1. The molecule has 0 aliphatic heterocycles. The number of thiophene rings is 1. The summed E-state index contributed by atoms with van der Waals surface area (Å²) < 4.78 is 0. The van der Waals surface area contributed by atoms with Crippen LogP contribution in [0.25, 0.3) is 0 Å². The number of benzene rings is 1. The van der Waals surface area contributed by atoms with Crippen molar-refractivity contribution >= 4 is 11.3 Å². The first-order valence-electron chi connectivity index (χ1n) is 6.03. The highest BCUT2D eigenvalue weighted by Gasteiger charge is 2.12. The van der Waals surface area contributed by atoms with Crippen LogP contribution in [0, 0.1) is 6.92 Å². The van der Waals surface area contributed by atoms with Crippen LogP contribution in [-0.2, 0) is 6.42 Å². The average Bonchev–Trinajstić information content (AvgIpc) is 2.84. The van der Waals surface area contributed by atoms with Gasteiger partial charge in [0.25, 0.3) is 0 Å². The summed E-state index contributed by atoms with van der Waals surface area (Å²) >= 11 is 1.60. The summed E-state index contributed by atoms with van der Waals surface area (Å²) in [5, 5.41) is 12.2. The van der Waals surface area contributed by atoms with Gasteiger partial charge in [-0.15, -0.1) is 11.3 Å². The molecule has 0 saturated heterocycles. The highest BCUT2D eigenvalue weighted by molar-refractivity contribution is 7.10. The van der Waals surface area contributed by atoms with E-state index in [1.807, 2.05) is 23.6 Å². The van der Waals surface area contributed by atoms with Crippen LogP contribution in [0.15, 0.2) is 35.7 Å². The number of aryl methyl sites for hydroxylation is 2. The van der Waals surface area contributed by atoms with Gasteiger partial charge in [-0.2, -0.15) is 0 Å². The minimum atomic E-state index is -0.482. The zero-order valence-corrected chi connectivity index (χ0v) is 11.1. The first-order chi connectivity index (χ1) is 8.22. The molecule has 0 fully saturated rings. The Balaban J connectivity index is 2.25. The van der Waals surface area contributed by atoms with Gasteiger partial charge in [-0.05, 0) is 41.5 Å². The lowest BCUT2D eigenvalue weighted by Gasteiger charge is -2.12. The van der Waals surface area contributed by atoms with E-state index in [9.17, 15) is 5.11 Å². The monoisotopic (exact) mass is 246 g/mol. The predicted molar refractivity (Wildman–Crippen MR) is 73.6 cm³/mol. The third kappa shape index (κ3) is 2.76. The molecule has 1 aromatic carbocycles. The predicted octanol–water partition coefficient (Wildman–Crippen LogP) is 4.09. The Morgan fingerprint density at radius 3 is 2.71 bits per heavy atom. The topological polar surface area (TPSA) is 20.2 Å². The maximum Gasteiger partial charge on any atom is 0.113 e. The molecule has 1 atom stereocenters. The van der Waals surface area contributed by atoms with Gasteiger partial charge in [-0.1, -0.05) is 37.6 Å². The third-order valence-corrected chi connectivity index (χ3v) is 3.94. The van der Waals surface area contributed by atoms with E-state index in [4.69, 9.17) is 0 Å². The molecule has 17 heavy (non-hydrogen) atoms. The van der Waals surface area contributed by atoms with Gasteiger partial charge in [0.2, 0.25) is 0 Å². The van der Waals surface area contributed by atoms with Crippen molar-refractivity contribution in [3.63, 3.8) is 0 Å². The molecule has 0 aliphatic carbocycles. The second-order valence-corrected chi connectivity index (χ2v) is 5.33. The zero-order chi connectivity index (χ0) is 12.3. The summed E-state index contributed by atoms with van der Waals surface area (Å²) in [6.07, 6.45) is 1.79. The summed E-state index contributed by atoms with van der Waals surface area (Å²) in [5.74, 6) is 0. The molecule has 2 heteroatoms. The van der Waals surface area contributed by atoms with E-state index >= 15 is 0 Å². The molecular weight excluding hydrogens is 228 g/mol. The second-order valence-electron chi connectivity index (χ2n) is 4.35. The fourth-order valence-corrected chi connectivity index (χ4v) is 2.79. The molecule has 1 aromatic heterocycles. The highest BCUT2D eigenvalue weighted by Crippen LogP contribution is 2.27. The Hall–Kier alpha value is -1.12. The molecular formula is C15H18OS. The Kier molecular flexibility index (Phi) is 3.97. The average molecular weight is 246 g/mol. The maximum atomic E-state index is 10.2. The van der Waals surface area contributed by atoms with Crippen molar-refractivity contribution in [2.45, 2.75) is 32.8 Å². The molecule has 2 aromatic rings. The summed E-state index contributed by atoms with van der Waals surface area (Å²) in [5.41, 5.74) is 3.65. The number of aliphatic hydroxyl groups is 1. The smallest absolute Gasteiger partial charge is 0.113 e. The van der Waals surface area contributed by atoms with Crippen molar-refractivity contribution in [3.8, 4) is 0 Å². The summed E-state index contributed by atoms with van der Waals surface area (Å²) in [7, 11) is 0. The first kappa shape index (κ1) is 12.3. The quantitative estimate of drug-likeness (QED) is 0.861. The van der Waals surface area contributed by atoms with Gasteiger partial charge in [0.05, 0.1) is 0 Å². The molecule has 1 N–H and O–H groups in total. The molecule has 1 nitrogen and oxygen atoms in total. The largest absolute Gasteiger partial charge is 0.383 e. The fourth-order valence-electron chi connectivity index (χ4n) is 2.05. The molecule has 0 amide bonds. The number of rotatable bonds is 4. The van der Waals surface area contributed by atoms with Crippen LogP contribution in [0.2, 0.25) is 0 Å². The van der Waals surface area contributed by atoms with Gasteiger partial charge < -0.3 is 5.11 Å². The summed E-state index contributed by atoms with van der Waals surface area (Å²) in [6.45, 7) is 4.31. The summed E-state index contributed by atoms with van der Waals surface area (Å²) in [4.78, 5) is 1.01. The second kappa shape index (κ2) is 5.48. The molecule has 0 radical (unpaired) electrons. The summed E-state index contributed by atoms with van der Waals surface area (Å²) in [6, 6.07) is 10.2. The lowest BCUT2D eigenvalue weighted by Crippen LogP contribution is -1.99. The van der Waals surface area contributed by atoms with Crippen molar-refractivity contribution in [1.82, 2.24) is 0 Å². The normalized spacial score (nSPS) is 12.6. The Labute approximate surface area is 107 Å². The highest BCUT2D eigenvalue weighted by atomic mass is 32.1. The van der Waals surface area contributed by atoms with Gasteiger partial charge in [0.1, 0.15) is 6.10 Å². The lowest BCUT2D eigenvalue weighted by atomic mass is 9.98. The van der Waals surface area contributed by atoms with Crippen LogP contribution in [0.4, 0.5) is 0 Å². The van der Waals surface area contributed by atoms with Crippen molar-refractivity contribution in [3.05, 3.63) is 57.3 Å². The molecule has 0 aliphatic rings. The van der Waals surface area contributed by atoms with Crippen molar-refractivity contribution in [2.24, 2.45) is 0 Å². The van der Waals surface area contributed by atoms with E-state index in [1.165, 1.54) is 11.1 Å². The van der Waals surface area contributed by atoms with Crippen LogP contribution in [0.3, 0.4) is 0 Å². The molecule has 0 saturated carbocycles. The van der Waals surface area contributed by atoms with Crippen molar-refractivity contribution in [1.29, 1.82) is 0 Å². The van der Waals surface area contributed by atoms with Gasteiger partial charge in [0, 0.05) is 4.88 Å². The molecule has 2 rings (SSSR count). The minimum absolute atomic E-state index is 0.482. The van der Waals surface area contributed by atoms with Crippen LogP contribution >= 0.6 is 11.3 Å². The number of aliphatic hydroxyl groups excluding tert-OH is 1. The van der Waals surface area contributed by atoms with Crippen LogP contribution in [0.1, 0.15) is 41.0 Å². The first-order valence-corrected chi connectivity index (χ1v) is 6.91. The Morgan fingerprint density at radius 2 is 2.12 bits per heavy atom. The molecule has 1 unspecified atom stereocenters. The van der Waals surface area contributed by atoms with E-state index in [0.717, 1.165) is 23.3 Å². The standard InChI is InChI=1S/C15H18OS/c1-3-5-12-7-8-13(10-11(12)2)15(16)14-6-4-9-17-14/h4,6-10,15-16H,3,5H2,1-2H3. The van der Waals surface area contributed by atoms with Gasteiger partial charge >= 0.3 is 0 Å². The van der Waals surface area contributed by atoms with Crippen LogP contribution in [-0.4, -0.2) is 5.11 Å². The van der Waals surface area contributed by atoms with E-state index in [2.05, 4.69) is 26.0 Å². The Bertz CT molecular complexity index is 474. The van der Waals surface area contributed by atoms with E-state index in [0.29, 0.717) is 0 Å². The maximum absolute atomic E-state index is 10.2. The van der Waals surface area contributed by atoms with E-state index < -0.39 is 6.10 Å². The zero-order valence-electron chi connectivity index (χ0n) is 10.3. The van der Waals surface area contributed by atoms with Crippen LogP contribution < -0.4 is 0 Å². The Morgan fingerprint density at radius 1 is 1.29 bits per heavy atom. The van der Waals surface area contributed by atoms with Crippen molar-refractivity contribution < 1.29 is 5.11 Å². The lowest BCUT2D eigenvalue weighted by molar-refractivity contribution is 0.224. The van der Waals surface area contributed by atoms with Crippen molar-refractivity contribution in [2.75, 3.05) is 0 Å². The SMILES string of the molecule is CCCc1ccc(C(O)c2cccs2)cc1C. The molecule has 0 bridgehead atoms. The third-order valence-electron chi connectivity index (χ3n) is 3.01. The van der Waals surface area contributed by atoms with E-state index in [-0.39, 0.29) is 0 Å². The molecule has 90 valence electrons. The fraction of sp³-hybridized carbons (Fsp3) is 0.333. The minimum Gasteiger partial charge on any atom is -0.383 e. The van der Waals surface area contributed by atoms with Gasteiger partial charge in [-0.25, -0.2) is 0 Å². The molecule has 0 spiro atoms. The van der Waals surface area contributed by atoms with Gasteiger partial charge in [0.15, 0.2) is 0 Å². The molecule has 1 heterocycles. The van der Waals surface area contributed by atoms with E-state index in [1.54, 1.807) is 11.3 Å². The number of hydrogen-bond acceptors (Lipinski definition) is 2. The van der Waals surface area contributed by atoms with Gasteiger partial charge in [-0.3, -0.25) is 0 Å².